The Labute approximate surface area is 83.2 Å². The van der Waals surface area contributed by atoms with Crippen LogP contribution in [0.15, 0.2) is 36.5 Å². The van der Waals surface area contributed by atoms with E-state index in [0.717, 1.165) is 17.2 Å². The summed E-state index contributed by atoms with van der Waals surface area (Å²) in [4.78, 5) is 4.30. The minimum Gasteiger partial charge on any atom is -0.325 e. The largest absolute Gasteiger partial charge is 0.325 e. The average Bonchev–Trinajstić information content (AvgIpc) is 2.61. The first kappa shape index (κ1) is 8.97. The first-order valence-corrected chi connectivity index (χ1v) is 4.61. The average molecular weight is 187 g/mol. The van der Waals surface area contributed by atoms with Gasteiger partial charge in [0, 0.05) is 24.1 Å². The van der Waals surface area contributed by atoms with Crippen LogP contribution in [0.4, 0.5) is 0 Å². The topological polar surface area (TPSA) is 43.8 Å². The standard InChI is InChI=1S/C11H13N3/c1-9-5-6-10(8-12)14(9)11-4-2-3-7-13-11/h2-7H,8,12H2,1H3. The van der Waals surface area contributed by atoms with Gasteiger partial charge in [-0.2, -0.15) is 0 Å². The van der Waals surface area contributed by atoms with Gasteiger partial charge in [-0.05, 0) is 31.2 Å². The zero-order chi connectivity index (χ0) is 9.97. The van der Waals surface area contributed by atoms with Crippen molar-refractivity contribution in [3.8, 4) is 5.82 Å². The van der Waals surface area contributed by atoms with Crippen LogP contribution in [0.1, 0.15) is 11.4 Å². The highest BCUT2D eigenvalue weighted by atomic mass is 15.1. The molecule has 2 aromatic heterocycles. The number of hydrogen-bond donors (Lipinski definition) is 1. The van der Waals surface area contributed by atoms with Gasteiger partial charge in [-0.15, -0.1) is 0 Å². The molecule has 0 fully saturated rings. The molecule has 0 saturated carbocycles. The summed E-state index contributed by atoms with van der Waals surface area (Å²) in [5.41, 5.74) is 7.89. The Balaban J connectivity index is 2.55. The monoisotopic (exact) mass is 187 g/mol. The van der Waals surface area contributed by atoms with E-state index in [4.69, 9.17) is 5.73 Å². The van der Waals surface area contributed by atoms with E-state index in [1.165, 1.54) is 0 Å². The summed E-state index contributed by atoms with van der Waals surface area (Å²) >= 11 is 0. The van der Waals surface area contributed by atoms with Crippen LogP contribution in [0.2, 0.25) is 0 Å². The third-order valence-corrected chi connectivity index (χ3v) is 2.24. The molecule has 14 heavy (non-hydrogen) atoms. The van der Waals surface area contributed by atoms with Gasteiger partial charge in [0.25, 0.3) is 0 Å². The van der Waals surface area contributed by atoms with E-state index in [1.54, 1.807) is 6.20 Å². The molecule has 0 spiro atoms. The molecule has 0 amide bonds. The highest BCUT2D eigenvalue weighted by molar-refractivity contribution is 5.31. The second-order valence-electron chi connectivity index (χ2n) is 3.19. The van der Waals surface area contributed by atoms with Crippen LogP contribution in [0, 0.1) is 6.92 Å². The van der Waals surface area contributed by atoms with Gasteiger partial charge in [0.2, 0.25) is 0 Å². The molecule has 0 radical (unpaired) electrons. The summed E-state index contributed by atoms with van der Waals surface area (Å²) in [6.45, 7) is 2.58. The third kappa shape index (κ3) is 1.42. The van der Waals surface area contributed by atoms with E-state index in [0.29, 0.717) is 6.54 Å². The zero-order valence-corrected chi connectivity index (χ0v) is 8.14. The zero-order valence-electron chi connectivity index (χ0n) is 8.14. The van der Waals surface area contributed by atoms with Crippen LogP contribution in [-0.4, -0.2) is 9.55 Å². The van der Waals surface area contributed by atoms with Gasteiger partial charge in [0.15, 0.2) is 0 Å². The molecule has 0 aliphatic heterocycles. The maximum Gasteiger partial charge on any atom is 0.137 e. The Kier molecular flexibility index (Phi) is 2.33. The van der Waals surface area contributed by atoms with Gasteiger partial charge in [-0.25, -0.2) is 4.98 Å². The van der Waals surface area contributed by atoms with Gasteiger partial charge in [0.1, 0.15) is 5.82 Å². The number of aryl methyl sites for hydroxylation is 1. The Hall–Kier alpha value is -1.61. The smallest absolute Gasteiger partial charge is 0.137 e. The summed E-state index contributed by atoms with van der Waals surface area (Å²) in [6.07, 6.45) is 1.79. The maximum absolute atomic E-state index is 5.65. The minimum atomic E-state index is 0.532. The fourth-order valence-electron chi connectivity index (χ4n) is 1.57. The fourth-order valence-corrected chi connectivity index (χ4v) is 1.57. The first-order valence-electron chi connectivity index (χ1n) is 4.61. The van der Waals surface area contributed by atoms with Gasteiger partial charge in [-0.3, -0.25) is 0 Å². The number of nitrogens with two attached hydrogens (primary N) is 1. The molecule has 0 bridgehead atoms. The summed E-state index contributed by atoms with van der Waals surface area (Å²) in [5.74, 6) is 0.926. The normalized spacial score (nSPS) is 10.4. The Morgan fingerprint density at radius 2 is 2.14 bits per heavy atom. The molecule has 72 valence electrons. The Bertz CT molecular complexity index is 417. The minimum absolute atomic E-state index is 0.532. The predicted octanol–water partition coefficient (Wildman–Crippen LogP) is 1.64. The second-order valence-corrected chi connectivity index (χ2v) is 3.19. The van der Waals surface area contributed by atoms with Crippen LogP contribution in [-0.2, 0) is 6.54 Å². The lowest BCUT2D eigenvalue weighted by Crippen LogP contribution is -2.07. The van der Waals surface area contributed by atoms with Gasteiger partial charge in [0.05, 0.1) is 0 Å². The fraction of sp³-hybridized carbons (Fsp3) is 0.182. The lowest BCUT2D eigenvalue weighted by molar-refractivity contribution is 0.861. The highest BCUT2D eigenvalue weighted by Gasteiger charge is 2.05. The van der Waals surface area contributed by atoms with Gasteiger partial charge < -0.3 is 10.3 Å². The molecule has 2 aromatic rings. The van der Waals surface area contributed by atoms with Crippen LogP contribution in [0.3, 0.4) is 0 Å². The number of aromatic nitrogens is 2. The Morgan fingerprint density at radius 1 is 1.29 bits per heavy atom. The lowest BCUT2D eigenvalue weighted by Gasteiger charge is -2.08. The van der Waals surface area contributed by atoms with E-state index < -0.39 is 0 Å². The van der Waals surface area contributed by atoms with Crippen molar-refractivity contribution in [3.63, 3.8) is 0 Å². The van der Waals surface area contributed by atoms with Gasteiger partial charge in [-0.1, -0.05) is 6.07 Å². The molecule has 0 aliphatic rings. The van der Waals surface area contributed by atoms with E-state index >= 15 is 0 Å². The first-order chi connectivity index (χ1) is 6.83. The molecule has 0 unspecified atom stereocenters. The summed E-state index contributed by atoms with van der Waals surface area (Å²) in [5, 5.41) is 0. The van der Waals surface area contributed by atoms with Crippen molar-refractivity contribution in [2.24, 2.45) is 5.73 Å². The molecule has 0 saturated heterocycles. The molecular weight excluding hydrogens is 174 g/mol. The van der Waals surface area contributed by atoms with E-state index in [1.807, 2.05) is 31.2 Å². The number of pyridine rings is 1. The van der Waals surface area contributed by atoms with Crippen LogP contribution < -0.4 is 5.73 Å². The summed E-state index contributed by atoms with van der Waals surface area (Å²) < 4.78 is 2.07. The maximum atomic E-state index is 5.65. The van der Waals surface area contributed by atoms with Crippen molar-refractivity contribution in [1.29, 1.82) is 0 Å². The number of hydrogen-bond acceptors (Lipinski definition) is 2. The van der Waals surface area contributed by atoms with Crippen LogP contribution in [0.5, 0.6) is 0 Å². The lowest BCUT2D eigenvalue weighted by atomic mass is 10.4. The molecule has 2 rings (SSSR count). The molecular formula is C11H13N3. The molecule has 3 heteroatoms. The quantitative estimate of drug-likeness (QED) is 0.776. The highest BCUT2D eigenvalue weighted by Crippen LogP contribution is 2.13. The third-order valence-electron chi connectivity index (χ3n) is 2.24. The van der Waals surface area contributed by atoms with Crippen molar-refractivity contribution < 1.29 is 0 Å². The molecule has 0 atom stereocenters. The molecule has 2 heterocycles. The van der Waals surface area contributed by atoms with Crippen molar-refractivity contribution in [2.45, 2.75) is 13.5 Å². The van der Waals surface area contributed by atoms with Crippen molar-refractivity contribution in [2.75, 3.05) is 0 Å². The predicted molar refractivity (Wildman–Crippen MR) is 56.2 cm³/mol. The molecule has 0 aromatic carbocycles. The van der Waals surface area contributed by atoms with E-state index in [2.05, 4.69) is 15.6 Å². The molecule has 2 N–H and O–H groups in total. The van der Waals surface area contributed by atoms with Crippen molar-refractivity contribution in [1.82, 2.24) is 9.55 Å². The van der Waals surface area contributed by atoms with Gasteiger partial charge >= 0.3 is 0 Å². The van der Waals surface area contributed by atoms with Crippen molar-refractivity contribution in [3.05, 3.63) is 47.9 Å². The van der Waals surface area contributed by atoms with E-state index in [-0.39, 0.29) is 0 Å². The SMILES string of the molecule is Cc1ccc(CN)n1-c1ccccn1. The van der Waals surface area contributed by atoms with E-state index in [9.17, 15) is 0 Å². The summed E-state index contributed by atoms with van der Waals surface area (Å²) in [6, 6.07) is 9.94. The molecule has 3 nitrogen and oxygen atoms in total. The van der Waals surface area contributed by atoms with Crippen LogP contribution in [0.25, 0.3) is 5.82 Å². The van der Waals surface area contributed by atoms with Crippen LogP contribution >= 0.6 is 0 Å². The molecule has 0 aliphatic carbocycles. The number of nitrogens with zero attached hydrogens (tertiary/aromatic N) is 2. The summed E-state index contributed by atoms with van der Waals surface area (Å²) in [7, 11) is 0. The number of rotatable bonds is 2. The Morgan fingerprint density at radius 3 is 2.79 bits per heavy atom. The second kappa shape index (κ2) is 3.64. The van der Waals surface area contributed by atoms with Crippen molar-refractivity contribution >= 4 is 0 Å².